The lowest BCUT2D eigenvalue weighted by Gasteiger charge is -2.29. The molecule has 2 fully saturated rings. The van der Waals surface area contributed by atoms with Gasteiger partial charge in [-0.3, -0.25) is 4.79 Å². The molecular formula is C26H36N3O2+. The van der Waals surface area contributed by atoms with Gasteiger partial charge in [0, 0.05) is 42.9 Å². The van der Waals surface area contributed by atoms with Gasteiger partial charge in [0.25, 0.3) is 5.91 Å². The zero-order chi connectivity index (χ0) is 21.8. The number of morpholine rings is 1. The van der Waals surface area contributed by atoms with Gasteiger partial charge in [0.15, 0.2) is 6.04 Å². The van der Waals surface area contributed by atoms with Crippen molar-refractivity contribution in [3.8, 4) is 0 Å². The molecular weight excluding hydrogens is 386 g/mol. The van der Waals surface area contributed by atoms with Crippen LogP contribution in [0.25, 0.3) is 0 Å². The summed E-state index contributed by atoms with van der Waals surface area (Å²) < 4.78 is 5.43. The normalized spacial score (nSPS) is 18.6. The molecule has 166 valence electrons. The summed E-state index contributed by atoms with van der Waals surface area (Å²) in [5.74, 6) is 0.639. The zero-order valence-corrected chi connectivity index (χ0v) is 19.1. The van der Waals surface area contributed by atoms with Gasteiger partial charge < -0.3 is 19.9 Å². The van der Waals surface area contributed by atoms with Gasteiger partial charge in [-0.2, -0.15) is 0 Å². The summed E-state index contributed by atoms with van der Waals surface area (Å²) in [4.78, 5) is 16.7. The molecule has 0 bridgehead atoms. The number of nitrogens with one attached hydrogen (secondary N) is 2. The molecule has 5 heteroatoms. The Morgan fingerprint density at radius 2 is 1.68 bits per heavy atom. The van der Waals surface area contributed by atoms with Crippen LogP contribution in [0.1, 0.15) is 50.7 Å². The van der Waals surface area contributed by atoms with Gasteiger partial charge in [-0.25, -0.2) is 0 Å². The lowest BCUT2D eigenvalue weighted by Crippen LogP contribution is -3.16. The molecule has 1 amide bonds. The van der Waals surface area contributed by atoms with Crippen molar-refractivity contribution in [3.63, 3.8) is 0 Å². The van der Waals surface area contributed by atoms with Crippen LogP contribution in [0, 0.1) is 0 Å². The molecule has 2 N–H and O–H groups in total. The fourth-order valence-corrected chi connectivity index (χ4v) is 4.36. The van der Waals surface area contributed by atoms with E-state index in [1.165, 1.54) is 34.6 Å². The summed E-state index contributed by atoms with van der Waals surface area (Å²) in [6.07, 6.45) is 2.43. The Bertz CT molecular complexity index is 853. The minimum atomic E-state index is -0.0869. The standard InChI is InChI=1S/C26H35N3O2/c1-19(2)22-6-4-21(5-7-22)18-29(25-12-13-25)20(3)26(30)27-23-8-10-24(11-9-23)28-14-16-31-17-15-28/h4-11,19-20,25H,12-18H2,1-3H3,(H,27,30)/p+1/t20-/m0/s1. The van der Waals surface area contributed by atoms with Crippen LogP contribution in [-0.2, 0) is 16.1 Å². The predicted molar refractivity (Wildman–Crippen MR) is 126 cm³/mol. The van der Waals surface area contributed by atoms with Gasteiger partial charge in [0.05, 0.1) is 19.3 Å². The predicted octanol–water partition coefficient (Wildman–Crippen LogP) is 3.22. The van der Waals surface area contributed by atoms with E-state index in [2.05, 4.69) is 67.4 Å². The summed E-state index contributed by atoms with van der Waals surface area (Å²) in [6, 6.07) is 17.6. The van der Waals surface area contributed by atoms with Crippen molar-refractivity contribution >= 4 is 17.3 Å². The molecule has 5 nitrogen and oxygen atoms in total. The number of benzene rings is 2. The Hall–Kier alpha value is -2.37. The first-order valence-electron chi connectivity index (χ1n) is 11.7. The Balaban J connectivity index is 1.37. The third kappa shape index (κ3) is 5.66. The first kappa shape index (κ1) is 21.8. The summed E-state index contributed by atoms with van der Waals surface area (Å²) in [5, 5.41) is 3.14. The maximum atomic E-state index is 13.0. The number of nitrogens with zero attached hydrogens (tertiary/aromatic N) is 1. The van der Waals surface area contributed by atoms with Crippen molar-refractivity contribution in [2.45, 2.75) is 58.2 Å². The van der Waals surface area contributed by atoms with Crippen molar-refractivity contribution in [2.24, 2.45) is 0 Å². The van der Waals surface area contributed by atoms with Crippen molar-refractivity contribution in [3.05, 3.63) is 59.7 Å². The Morgan fingerprint density at radius 1 is 1.03 bits per heavy atom. The summed E-state index contributed by atoms with van der Waals surface area (Å²) in [7, 11) is 0. The van der Waals surface area contributed by atoms with Gasteiger partial charge in [-0.1, -0.05) is 38.1 Å². The van der Waals surface area contributed by atoms with Crippen LogP contribution < -0.4 is 15.1 Å². The van der Waals surface area contributed by atoms with Crippen LogP contribution in [0.5, 0.6) is 0 Å². The molecule has 1 heterocycles. The number of amides is 1. The van der Waals surface area contributed by atoms with E-state index < -0.39 is 0 Å². The highest BCUT2D eigenvalue weighted by Gasteiger charge is 2.39. The molecule has 1 aliphatic carbocycles. The van der Waals surface area contributed by atoms with Crippen molar-refractivity contribution in [1.82, 2.24) is 0 Å². The Labute approximate surface area is 186 Å². The molecule has 1 saturated carbocycles. The summed E-state index contributed by atoms with van der Waals surface area (Å²) in [6.45, 7) is 10.8. The highest BCUT2D eigenvalue weighted by Crippen LogP contribution is 2.20. The summed E-state index contributed by atoms with van der Waals surface area (Å²) in [5.41, 5.74) is 4.72. The van der Waals surface area contributed by atoms with Crippen LogP contribution >= 0.6 is 0 Å². The maximum Gasteiger partial charge on any atom is 0.282 e. The number of carbonyl (C=O) groups excluding carboxylic acids is 1. The fourth-order valence-electron chi connectivity index (χ4n) is 4.36. The van der Waals surface area contributed by atoms with E-state index in [9.17, 15) is 4.79 Å². The Morgan fingerprint density at radius 3 is 2.26 bits per heavy atom. The highest BCUT2D eigenvalue weighted by atomic mass is 16.5. The Kier molecular flexibility index (Phi) is 6.93. The lowest BCUT2D eigenvalue weighted by molar-refractivity contribution is -0.938. The second-order valence-electron chi connectivity index (χ2n) is 9.28. The van der Waals surface area contributed by atoms with Crippen LogP contribution in [0.2, 0.25) is 0 Å². The largest absolute Gasteiger partial charge is 0.378 e. The van der Waals surface area contributed by atoms with Gasteiger partial charge >= 0.3 is 0 Å². The third-order valence-electron chi connectivity index (χ3n) is 6.62. The molecule has 0 radical (unpaired) electrons. The molecule has 1 saturated heterocycles. The second kappa shape index (κ2) is 9.84. The van der Waals surface area contributed by atoms with E-state index in [0.29, 0.717) is 12.0 Å². The summed E-state index contributed by atoms with van der Waals surface area (Å²) >= 11 is 0. The SMILES string of the molecule is CC(C)c1ccc(C[NH+](C2CC2)[C@@H](C)C(=O)Nc2ccc(N3CCOCC3)cc2)cc1. The number of quaternary nitrogens is 1. The molecule has 2 aromatic rings. The van der Waals surface area contributed by atoms with Gasteiger partial charge in [-0.05, 0) is 42.7 Å². The van der Waals surface area contributed by atoms with Gasteiger partial charge in [-0.15, -0.1) is 0 Å². The van der Waals surface area contributed by atoms with Gasteiger partial charge in [0.1, 0.15) is 6.54 Å². The first-order valence-corrected chi connectivity index (χ1v) is 11.7. The van der Waals surface area contributed by atoms with Crippen molar-refractivity contribution in [2.75, 3.05) is 36.5 Å². The molecule has 2 aromatic carbocycles. The average Bonchev–Trinajstić information content (AvgIpc) is 3.64. The number of anilines is 2. The van der Waals surface area contributed by atoms with E-state index in [1.807, 2.05) is 12.1 Å². The fraction of sp³-hybridized carbons (Fsp3) is 0.500. The van der Waals surface area contributed by atoms with Crippen LogP contribution in [0.3, 0.4) is 0 Å². The number of hydrogen-bond donors (Lipinski definition) is 2. The van der Waals surface area contributed by atoms with Crippen LogP contribution in [-0.4, -0.2) is 44.3 Å². The third-order valence-corrected chi connectivity index (χ3v) is 6.62. The number of rotatable bonds is 8. The molecule has 2 aliphatic rings. The van der Waals surface area contributed by atoms with E-state index in [1.54, 1.807) is 0 Å². The number of carbonyl (C=O) groups is 1. The van der Waals surface area contributed by atoms with E-state index >= 15 is 0 Å². The van der Waals surface area contributed by atoms with Crippen molar-refractivity contribution in [1.29, 1.82) is 0 Å². The topological polar surface area (TPSA) is 46.0 Å². The molecule has 31 heavy (non-hydrogen) atoms. The maximum absolute atomic E-state index is 13.0. The van der Waals surface area contributed by atoms with E-state index in [4.69, 9.17) is 4.74 Å². The number of hydrogen-bond acceptors (Lipinski definition) is 3. The number of ether oxygens (including phenoxy) is 1. The quantitative estimate of drug-likeness (QED) is 0.687. The molecule has 0 spiro atoms. The highest BCUT2D eigenvalue weighted by molar-refractivity contribution is 5.93. The molecule has 1 unspecified atom stereocenters. The first-order chi connectivity index (χ1) is 15.0. The van der Waals surface area contributed by atoms with E-state index in [-0.39, 0.29) is 11.9 Å². The van der Waals surface area contributed by atoms with Crippen molar-refractivity contribution < 1.29 is 14.4 Å². The minimum Gasteiger partial charge on any atom is -0.378 e. The van der Waals surface area contributed by atoms with E-state index in [0.717, 1.165) is 38.5 Å². The monoisotopic (exact) mass is 422 g/mol. The zero-order valence-electron chi connectivity index (χ0n) is 19.1. The molecule has 4 rings (SSSR count). The van der Waals surface area contributed by atoms with Crippen LogP contribution in [0.15, 0.2) is 48.5 Å². The second-order valence-corrected chi connectivity index (χ2v) is 9.28. The lowest BCUT2D eigenvalue weighted by atomic mass is 10.0. The van der Waals surface area contributed by atoms with Gasteiger partial charge in [0.2, 0.25) is 0 Å². The average molecular weight is 423 g/mol. The molecule has 1 aliphatic heterocycles. The smallest absolute Gasteiger partial charge is 0.282 e. The molecule has 0 aromatic heterocycles. The van der Waals surface area contributed by atoms with Crippen LogP contribution in [0.4, 0.5) is 11.4 Å². The molecule has 2 atom stereocenters. The minimum absolute atomic E-state index is 0.0869.